The van der Waals surface area contributed by atoms with E-state index in [-0.39, 0.29) is 12.4 Å². The zero-order chi connectivity index (χ0) is 23.1. The molecule has 0 aromatic heterocycles. The van der Waals surface area contributed by atoms with Crippen molar-refractivity contribution >= 4 is 6.40 Å². The van der Waals surface area contributed by atoms with Crippen molar-refractivity contribution in [2.75, 3.05) is 14.1 Å². The fraction of sp³-hybridized carbons (Fsp3) is 0.967. The van der Waals surface area contributed by atoms with Crippen LogP contribution in [0.3, 0.4) is 0 Å². The number of ether oxygens (including phenoxy) is 1. The van der Waals surface area contributed by atoms with Gasteiger partial charge < -0.3 is 17.1 Å². The van der Waals surface area contributed by atoms with Gasteiger partial charge in [-0.1, -0.05) is 53.9 Å². The lowest BCUT2D eigenvalue weighted by Gasteiger charge is -2.61. The molecule has 4 aliphatic rings. The summed E-state index contributed by atoms with van der Waals surface area (Å²) in [6.45, 7) is 12.8. The van der Waals surface area contributed by atoms with Crippen molar-refractivity contribution in [2.45, 2.75) is 118 Å². The highest BCUT2D eigenvalue weighted by atomic mass is 35.5. The van der Waals surface area contributed by atoms with Gasteiger partial charge in [0.1, 0.15) is 20.2 Å². The van der Waals surface area contributed by atoms with Gasteiger partial charge in [-0.2, -0.15) is 0 Å². The normalized spacial score (nSPS) is 43.0. The Bertz CT molecular complexity index is 672. The van der Waals surface area contributed by atoms with Gasteiger partial charge in [-0.05, 0) is 110 Å². The molecule has 33 heavy (non-hydrogen) atoms. The van der Waals surface area contributed by atoms with E-state index in [2.05, 4.69) is 48.7 Å². The van der Waals surface area contributed by atoms with Crippen molar-refractivity contribution < 1.29 is 21.7 Å². The molecular formula is C30H54ClNO. The summed E-state index contributed by atoms with van der Waals surface area (Å²) in [6.07, 6.45) is 19.7. The lowest BCUT2D eigenvalue weighted by molar-refractivity contribution is -0.469. The molecule has 0 heterocycles. The first-order chi connectivity index (χ1) is 15.1. The zero-order valence-electron chi connectivity index (χ0n) is 22.9. The van der Waals surface area contributed by atoms with E-state index in [4.69, 9.17) is 4.74 Å². The average molecular weight is 480 g/mol. The molecule has 0 saturated heterocycles. The Kier molecular flexibility index (Phi) is 8.95. The Morgan fingerprint density at radius 1 is 0.879 bits per heavy atom. The number of nitrogens with zero attached hydrogens (tertiary/aromatic N) is 1. The average Bonchev–Trinajstić information content (AvgIpc) is 3.09. The van der Waals surface area contributed by atoms with Crippen LogP contribution in [0.1, 0.15) is 112 Å². The Morgan fingerprint density at radius 2 is 1.58 bits per heavy atom. The Balaban J connectivity index is 0.00000306. The summed E-state index contributed by atoms with van der Waals surface area (Å²) >= 11 is 0. The summed E-state index contributed by atoms with van der Waals surface area (Å²) in [7, 11) is 4.13. The molecule has 4 rings (SSSR count). The second-order valence-electron chi connectivity index (χ2n) is 13.8. The van der Waals surface area contributed by atoms with Gasteiger partial charge in [0.25, 0.3) is 0 Å². The quantitative estimate of drug-likeness (QED) is 0.290. The largest absolute Gasteiger partial charge is 1.00 e. The molecule has 3 heteroatoms. The van der Waals surface area contributed by atoms with Crippen LogP contribution in [0.4, 0.5) is 0 Å². The number of fused-ring (bicyclic) bond motifs is 5. The summed E-state index contributed by atoms with van der Waals surface area (Å²) in [5, 5.41) is 0. The predicted octanol–water partition coefficient (Wildman–Crippen LogP) is 4.80. The molecule has 9 atom stereocenters. The fourth-order valence-corrected chi connectivity index (χ4v) is 9.57. The highest BCUT2D eigenvalue weighted by Crippen LogP contribution is 2.68. The molecule has 4 aliphatic carbocycles. The zero-order valence-corrected chi connectivity index (χ0v) is 23.7. The SMILES string of the molecule is CC(C)CCC[C@H](C)[C@H]1CC[C@H]2[C@@H]3CC[C@H]4C[C@@H](OC=[N+](C)C)CC[C@]4(C)[C@H]3CC[C@]12C.[Cl-]. The van der Waals surface area contributed by atoms with Gasteiger partial charge >= 0.3 is 6.40 Å². The van der Waals surface area contributed by atoms with E-state index in [1.165, 1.54) is 77.0 Å². The van der Waals surface area contributed by atoms with E-state index >= 15 is 0 Å². The molecule has 0 spiro atoms. The summed E-state index contributed by atoms with van der Waals surface area (Å²) in [5.74, 6) is 6.65. The summed E-state index contributed by atoms with van der Waals surface area (Å²) in [5.41, 5.74) is 1.20. The van der Waals surface area contributed by atoms with Crippen LogP contribution in [0.25, 0.3) is 0 Å². The highest BCUT2D eigenvalue weighted by Gasteiger charge is 2.60. The minimum absolute atomic E-state index is 0. The summed E-state index contributed by atoms with van der Waals surface area (Å²) in [6, 6.07) is 0. The van der Waals surface area contributed by atoms with E-state index in [1.807, 2.05) is 11.0 Å². The van der Waals surface area contributed by atoms with Crippen molar-refractivity contribution in [3.8, 4) is 0 Å². The molecule has 0 unspecified atom stereocenters. The Morgan fingerprint density at radius 3 is 2.27 bits per heavy atom. The van der Waals surface area contributed by atoms with Crippen molar-refractivity contribution in [2.24, 2.45) is 52.3 Å². The van der Waals surface area contributed by atoms with Crippen molar-refractivity contribution in [3.05, 3.63) is 0 Å². The topological polar surface area (TPSA) is 12.2 Å². The van der Waals surface area contributed by atoms with E-state index in [9.17, 15) is 0 Å². The second kappa shape index (κ2) is 10.8. The third-order valence-electron chi connectivity index (χ3n) is 11.3. The molecule has 0 N–H and O–H groups in total. The van der Waals surface area contributed by atoms with Gasteiger partial charge in [0, 0.05) is 0 Å². The molecule has 4 fully saturated rings. The molecule has 0 aromatic carbocycles. The van der Waals surface area contributed by atoms with Crippen LogP contribution in [0, 0.1) is 52.3 Å². The standard InChI is InChI=1S/C30H54NO.ClH/c1-21(2)9-8-10-22(3)26-13-14-27-25-12-11-23-19-24(32-20-31(6)7)15-17-29(23,4)28(25)16-18-30(26,27)5;/h20-28H,8-19H2,1-7H3;1H/q+1;/p-1/t22-,23-,24-,25-,26+,27-,28-,29-,30+;/m0./s1. The number of hydrogen-bond donors (Lipinski definition) is 0. The summed E-state index contributed by atoms with van der Waals surface area (Å²) < 4.78 is 8.20. The number of halogens is 1. The van der Waals surface area contributed by atoms with Gasteiger partial charge in [-0.3, -0.25) is 0 Å². The van der Waals surface area contributed by atoms with Crippen LogP contribution in [0.5, 0.6) is 0 Å². The smallest absolute Gasteiger partial charge is 0.323 e. The first kappa shape index (κ1) is 27.3. The predicted molar refractivity (Wildman–Crippen MR) is 136 cm³/mol. The molecular weight excluding hydrogens is 426 g/mol. The van der Waals surface area contributed by atoms with Gasteiger partial charge in [-0.15, -0.1) is 0 Å². The summed E-state index contributed by atoms with van der Waals surface area (Å²) in [4.78, 5) is 0. The molecule has 0 bridgehead atoms. The number of hydrogen-bond acceptors (Lipinski definition) is 1. The minimum atomic E-state index is 0. The molecule has 0 amide bonds. The van der Waals surface area contributed by atoms with Crippen molar-refractivity contribution in [3.63, 3.8) is 0 Å². The Hall–Kier alpha value is -0.240. The van der Waals surface area contributed by atoms with Crippen LogP contribution in [0.15, 0.2) is 0 Å². The van der Waals surface area contributed by atoms with Gasteiger partial charge in [0.05, 0.1) is 0 Å². The lowest BCUT2D eigenvalue weighted by atomic mass is 9.44. The van der Waals surface area contributed by atoms with Crippen LogP contribution in [-0.2, 0) is 4.74 Å². The maximum atomic E-state index is 6.15. The first-order valence-electron chi connectivity index (χ1n) is 14.3. The highest BCUT2D eigenvalue weighted by molar-refractivity contribution is 5.39. The molecule has 0 radical (unpaired) electrons. The molecule has 0 aliphatic heterocycles. The monoisotopic (exact) mass is 479 g/mol. The van der Waals surface area contributed by atoms with Gasteiger partial charge in [-0.25, -0.2) is 4.58 Å². The van der Waals surface area contributed by atoms with E-state index in [1.54, 1.807) is 0 Å². The van der Waals surface area contributed by atoms with Crippen LogP contribution in [-0.4, -0.2) is 31.2 Å². The van der Waals surface area contributed by atoms with Crippen LogP contribution >= 0.6 is 0 Å². The maximum Gasteiger partial charge on any atom is 0.323 e. The van der Waals surface area contributed by atoms with E-state index in [0.29, 0.717) is 16.9 Å². The minimum Gasteiger partial charge on any atom is -1.00 e. The number of rotatable bonds is 7. The molecule has 2 nitrogen and oxygen atoms in total. The first-order valence-corrected chi connectivity index (χ1v) is 14.3. The lowest BCUT2D eigenvalue weighted by Crippen LogP contribution is -3.00. The van der Waals surface area contributed by atoms with E-state index < -0.39 is 0 Å². The third-order valence-corrected chi connectivity index (χ3v) is 11.3. The fourth-order valence-electron chi connectivity index (χ4n) is 9.57. The van der Waals surface area contributed by atoms with E-state index in [0.717, 1.165) is 41.4 Å². The molecule has 4 saturated carbocycles. The van der Waals surface area contributed by atoms with Gasteiger partial charge in [0.15, 0.2) is 0 Å². The molecule has 192 valence electrons. The molecule has 0 aromatic rings. The van der Waals surface area contributed by atoms with Gasteiger partial charge in [0.2, 0.25) is 0 Å². The van der Waals surface area contributed by atoms with Crippen LogP contribution < -0.4 is 12.4 Å². The third kappa shape index (κ3) is 5.31. The van der Waals surface area contributed by atoms with Crippen molar-refractivity contribution in [1.82, 2.24) is 0 Å². The second-order valence-corrected chi connectivity index (χ2v) is 13.8. The van der Waals surface area contributed by atoms with Crippen molar-refractivity contribution in [1.29, 1.82) is 0 Å². The maximum absolute atomic E-state index is 6.15. The Labute approximate surface area is 212 Å². The van der Waals surface area contributed by atoms with Crippen LogP contribution in [0.2, 0.25) is 0 Å².